The van der Waals surface area contributed by atoms with Crippen molar-refractivity contribution in [3.8, 4) is 0 Å². The van der Waals surface area contributed by atoms with Crippen LogP contribution in [0.2, 0.25) is 0 Å². The minimum Gasteiger partial charge on any atom is -0.404 e. The van der Waals surface area contributed by atoms with Crippen LogP contribution in [-0.4, -0.2) is 54.0 Å². The second kappa shape index (κ2) is 16.6. The molecule has 6 atom stereocenters. The molecule has 0 aromatic heterocycles. The molecular formula is C36H58BN5O6. The number of hydrazine groups is 1. The molecule has 0 unspecified atom stereocenters. The van der Waals surface area contributed by atoms with Gasteiger partial charge in [0.25, 0.3) is 5.96 Å². The topological polar surface area (TPSA) is 158 Å². The van der Waals surface area contributed by atoms with Crippen molar-refractivity contribution in [1.82, 2.24) is 10.7 Å². The number of hydrogen-bond acceptors (Lipinski definition) is 7. The summed E-state index contributed by atoms with van der Waals surface area (Å²) in [6.07, 6.45) is 10.6. The number of nitrogens with one attached hydrogen (secondary N) is 2. The Kier molecular flexibility index (Phi) is 13.1. The Bertz CT molecular complexity index is 1290. The molecule has 1 saturated heterocycles. The SMILES string of the molecule is CCCCCCCc1ccc(C(=O)C[C@@H](CCCN=C(N)N[N+](=O)[O-])C(=O)N[C@@H](CC(C)C)B2O[C@@H]3C[C@@H]4C[C@@H](C4(C)C)[C@]3(C)O2)cc1. The maximum Gasteiger partial charge on any atom is 0.481 e. The van der Waals surface area contributed by atoms with Gasteiger partial charge in [0.2, 0.25) is 5.91 Å². The molecule has 2 bridgehead atoms. The number of carbonyl (C=O) groups is 2. The zero-order valence-electron chi connectivity index (χ0n) is 30.0. The van der Waals surface area contributed by atoms with Crippen molar-refractivity contribution in [2.24, 2.45) is 39.8 Å². The molecular weight excluding hydrogens is 609 g/mol. The molecule has 3 aliphatic carbocycles. The number of amides is 1. The van der Waals surface area contributed by atoms with E-state index in [1.54, 1.807) is 0 Å². The molecule has 1 aliphatic heterocycles. The molecule has 0 radical (unpaired) electrons. The Hall–Kier alpha value is -2.99. The molecule has 4 fully saturated rings. The highest BCUT2D eigenvalue weighted by molar-refractivity contribution is 6.47. The lowest BCUT2D eigenvalue weighted by atomic mass is 9.43. The first-order valence-corrected chi connectivity index (χ1v) is 18.2. The van der Waals surface area contributed by atoms with E-state index in [0.29, 0.717) is 36.7 Å². The number of benzene rings is 1. The van der Waals surface area contributed by atoms with Crippen LogP contribution in [0.3, 0.4) is 0 Å². The van der Waals surface area contributed by atoms with E-state index >= 15 is 0 Å². The number of aliphatic imine (C=N–C) groups is 1. The van der Waals surface area contributed by atoms with Crippen LogP contribution in [0.4, 0.5) is 0 Å². The van der Waals surface area contributed by atoms with Gasteiger partial charge in [-0.1, -0.05) is 90.0 Å². The number of nitrogens with zero attached hydrogens (tertiary/aromatic N) is 2. The fourth-order valence-corrected chi connectivity index (χ4v) is 8.24. The molecule has 5 rings (SSSR count). The summed E-state index contributed by atoms with van der Waals surface area (Å²) in [5.41, 5.74) is 9.02. The Morgan fingerprint density at radius 3 is 2.46 bits per heavy atom. The van der Waals surface area contributed by atoms with E-state index < -0.39 is 23.7 Å². The fourth-order valence-electron chi connectivity index (χ4n) is 8.24. The summed E-state index contributed by atoms with van der Waals surface area (Å²) in [6, 6.07) is 7.76. The Morgan fingerprint density at radius 2 is 1.81 bits per heavy atom. The van der Waals surface area contributed by atoms with Gasteiger partial charge in [0.1, 0.15) is 0 Å². The second-order valence-electron chi connectivity index (χ2n) is 15.5. The summed E-state index contributed by atoms with van der Waals surface area (Å²) in [4.78, 5) is 42.2. The molecule has 12 heteroatoms. The van der Waals surface area contributed by atoms with Gasteiger partial charge in [-0.3, -0.25) is 9.59 Å². The van der Waals surface area contributed by atoms with Gasteiger partial charge in [-0.05, 0) is 80.6 Å². The van der Waals surface area contributed by atoms with Crippen molar-refractivity contribution in [2.45, 2.75) is 136 Å². The van der Waals surface area contributed by atoms with Gasteiger partial charge in [0.05, 0.1) is 17.6 Å². The zero-order chi connectivity index (χ0) is 35.1. The summed E-state index contributed by atoms with van der Waals surface area (Å²) < 4.78 is 13.3. The van der Waals surface area contributed by atoms with E-state index in [0.717, 1.165) is 25.7 Å². The average molecular weight is 668 g/mol. The highest BCUT2D eigenvalue weighted by Gasteiger charge is 2.68. The van der Waals surface area contributed by atoms with Gasteiger partial charge in [0, 0.05) is 24.4 Å². The fraction of sp³-hybridized carbons (Fsp3) is 0.750. The third-order valence-electron chi connectivity index (χ3n) is 11.2. The van der Waals surface area contributed by atoms with E-state index in [4.69, 9.17) is 15.0 Å². The number of ketones is 1. The van der Waals surface area contributed by atoms with Crippen LogP contribution in [-0.2, 0) is 20.5 Å². The van der Waals surface area contributed by atoms with Crippen LogP contribution in [0.25, 0.3) is 0 Å². The zero-order valence-corrected chi connectivity index (χ0v) is 30.0. The van der Waals surface area contributed by atoms with Crippen molar-refractivity contribution in [1.29, 1.82) is 0 Å². The molecule has 4 N–H and O–H groups in total. The molecule has 1 aromatic carbocycles. The van der Waals surface area contributed by atoms with Crippen molar-refractivity contribution >= 4 is 24.8 Å². The summed E-state index contributed by atoms with van der Waals surface area (Å²) in [7, 11) is -0.565. The molecule has 1 heterocycles. The number of hydrogen-bond donors (Lipinski definition) is 3. The Labute approximate surface area is 287 Å². The quantitative estimate of drug-likeness (QED) is 0.0305. The maximum atomic E-state index is 14.0. The van der Waals surface area contributed by atoms with Crippen LogP contribution < -0.4 is 16.5 Å². The molecule has 48 heavy (non-hydrogen) atoms. The smallest absolute Gasteiger partial charge is 0.404 e. The summed E-state index contributed by atoms with van der Waals surface area (Å²) in [5.74, 6) is -0.320. The van der Waals surface area contributed by atoms with Crippen LogP contribution in [0, 0.1) is 39.2 Å². The van der Waals surface area contributed by atoms with Crippen LogP contribution in [0.1, 0.15) is 128 Å². The minimum absolute atomic E-state index is 0.00128. The second-order valence-corrected chi connectivity index (χ2v) is 15.5. The van der Waals surface area contributed by atoms with E-state index in [1.807, 2.05) is 29.7 Å². The number of carbonyl (C=O) groups excluding carboxylic acids is 2. The van der Waals surface area contributed by atoms with Gasteiger partial charge in [-0.2, -0.15) is 0 Å². The number of nitrogens with two attached hydrogens (primary N) is 1. The van der Waals surface area contributed by atoms with Crippen molar-refractivity contribution in [2.75, 3.05) is 6.54 Å². The van der Waals surface area contributed by atoms with E-state index in [2.05, 4.69) is 51.9 Å². The van der Waals surface area contributed by atoms with Crippen LogP contribution in [0.15, 0.2) is 29.3 Å². The third kappa shape index (κ3) is 9.37. The molecule has 266 valence electrons. The normalized spacial score (nSPS) is 25.6. The number of rotatable bonds is 19. The Morgan fingerprint density at radius 1 is 1.10 bits per heavy atom. The van der Waals surface area contributed by atoms with E-state index in [-0.39, 0.29) is 54.0 Å². The molecule has 1 amide bonds. The molecule has 1 aromatic rings. The van der Waals surface area contributed by atoms with Gasteiger partial charge in [-0.25, -0.2) is 15.1 Å². The van der Waals surface area contributed by atoms with Crippen molar-refractivity contribution in [3.05, 3.63) is 45.5 Å². The van der Waals surface area contributed by atoms with E-state index in [9.17, 15) is 19.7 Å². The summed E-state index contributed by atoms with van der Waals surface area (Å²) in [5, 5.41) is 13.1. The lowest BCUT2D eigenvalue weighted by Gasteiger charge is -2.64. The Balaban J connectivity index is 1.43. The molecule has 0 spiro atoms. The van der Waals surface area contributed by atoms with Crippen LogP contribution >= 0.6 is 0 Å². The van der Waals surface area contributed by atoms with Crippen LogP contribution in [0.5, 0.6) is 0 Å². The number of aryl methyl sites for hydroxylation is 1. The minimum atomic E-state index is -0.769. The maximum absolute atomic E-state index is 14.0. The predicted octanol–water partition coefficient (Wildman–Crippen LogP) is 6.06. The first-order chi connectivity index (χ1) is 22.7. The number of Topliss-reactive ketones (excluding diaryl/α,β-unsaturated/α-hetero) is 1. The highest BCUT2D eigenvalue weighted by atomic mass is 16.7. The number of nitro groups is 1. The molecule has 11 nitrogen and oxygen atoms in total. The van der Waals surface area contributed by atoms with Gasteiger partial charge < -0.3 is 20.4 Å². The number of unbranched alkanes of at least 4 members (excludes halogenated alkanes) is 4. The third-order valence-corrected chi connectivity index (χ3v) is 11.2. The monoisotopic (exact) mass is 667 g/mol. The first-order valence-electron chi connectivity index (χ1n) is 18.2. The number of guanidine groups is 1. The van der Waals surface area contributed by atoms with E-state index in [1.165, 1.54) is 31.2 Å². The first kappa shape index (κ1) is 37.8. The molecule has 3 saturated carbocycles. The highest BCUT2D eigenvalue weighted by Crippen LogP contribution is 2.65. The lowest BCUT2D eigenvalue weighted by molar-refractivity contribution is -0.525. The summed E-state index contributed by atoms with van der Waals surface area (Å²) >= 11 is 0. The van der Waals surface area contributed by atoms with Gasteiger partial charge >= 0.3 is 7.12 Å². The largest absolute Gasteiger partial charge is 0.481 e. The van der Waals surface area contributed by atoms with Crippen molar-refractivity contribution in [3.63, 3.8) is 0 Å². The average Bonchev–Trinajstić information content (AvgIpc) is 3.39. The lowest BCUT2D eigenvalue weighted by Crippen LogP contribution is -2.65. The van der Waals surface area contributed by atoms with Crippen molar-refractivity contribution < 1.29 is 23.9 Å². The standard InChI is InChI=1S/C36H58BN5O6/c1-7-8-9-10-11-13-25-15-17-26(18-16-25)29(43)21-27(14-12-19-39-34(38)41-42(45)46)33(44)40-32(20-24(2)3)37-47-31-23-28-22-30(35(28,4)5)36(31,6)48-37/h15-18,24,27-28,30-32H,7-14,19-23H2,1-6H3,(H,40,44)(H3,38,39,41)/t27-,28+,30+,31-,32+,36+/m1/s1. The molecule has 4 aliphatic rings. The summed E-state index contributed by atoms with van der Waals surface area (Å²) in [6.45, 7) is 13.4. The predicted molar refractivity (Wildman–Crippen MR) is 189 cm³/mol. The van der Waals surface area contributed by atoms with Gasteiger partial charge in [0.15, 0.2) is 10.8 Å². The van der Waals surface area contributed by atoms with Gasteiger partial charge in [-0.15, -0.1) is 0 Å².